The van der Waals surface area contributed by atoms with Crippen molar-refractivity contribution in [1.82, 2.24) is 10.2 Å². The molecule has 0 saturated carbocycles. The van der Waals surface area contributed by atoms with Crippen LogP contribution in [0.15, 0.2) is 59.4 Å². The van der Waals surface area contributed by atoms with Gasteiger partial charge in [0.2, 0.25) is 23.0 Å². The Kier molecular flexibility index (Phi) is 9.39. The van der Waals surface area contributed by atoms with E-state index in [4.69, 9.17) is 18.9 Å². The van der Waals surface area contributed by atoms with Crippen LogP contribution in [0.3, 0.4) is 0 Å². The predicted octanol–water partition coefficient (Wildman–Crippen LogP) is 4.26. The van der Waals surface area contributed by atoms with E-state index >= 15 is 0 Å². The minimum atomic E-state index is -0.670. The largest absolute Gasteiger partial charge is 0.493 e. The number of aryl methyl sites for hydroxylation is 1. The molecule has 1 aliphatic carbocycles. The van der Waals surface area contributed by atoms with E-state index in [-0.39, 0.29) is 29.0 Å². The minimum absolute atomic E-state index is 0.123. The molecule has 0 unspecified atom stereocenters. The Bertz CT molecular complexity index is 1590. The smallest absolute Gasteiger partial charge is 0.244 e. The zero-order valence-electron chi connectivity index (χ0n) is 25.8. The molecule has 2 amide bonds. The number of methoxy groups -OCH3 is 3. The van der Waals surface area contributed by atoms with Crippen LogP contribution in [0.1, 0.15) is 49.1 Å². The average molecular weight is 602 g/mol. The zero-order chi connectivity index (χ0) is 31.4. The summed E-state index contributed by atoms with van der Waals surface area (Å²) in [5.74, 6) is 1.11. The van der Waals surface area contributed by atoms with Gasteiger partial charge >= 0.3 is 0 Å². The van der Waals surface area contributed by atoms with E-state index in [2.05, 4.69) is 10.6 Å². The highest BCUT2D eigenvalue weighted by Gasteiger charge is 2.31. The van der Waals surface area contributed by atoms with E-state index in [0.717, 1.165) is 22.3 Å². The number of carbonyl (C=O) groups is 2. The SMILES string of the molecule is COc1cc2c(c(OC)c1OC)-c1ccc(N[C@@H](C)C(=O)N3CCO[C@H](c4ccccc4)C3)c(=O)cc1[C@@H](NC(C)=O)CC2. The van der Waals surface area contributed by atoms with Gasteiger partial charge in [0, 0.05) is 19.0 Å². The number of morpholine rings is 1. The monoisotopic (exact) mass is 601 g/mol. The van der Waals surface area contributed by atoms with Crippen molar-refractivity contribution >= 4 is 17.5 Å². The second-order valence-electron chi connectivity index (χ2n) is 11.0. The van der Waals surface area contributed by atoms with E-state index in [1.54, 1.807) is 45.3 Å². The summed E-state index contributed by atoms with van der Waals surface area (Å²) in [6, 6.07) is 15.7. The van der Waals surface area contributed by atoms with Gasteiger partial charge in [0.05, 0.1) is 46.2 Å². The number of nitrogens with one attached hydrogen (secondary N) is 2. The summed E-state index contributed by atoms with van der Waals surface area (Å²) in [6.45, 7) is 4.53. The first kappa shape index (κ1) is 30.9. The number of benzene rings is 2. The van der Waals surface area contributed by atoms with Crippen LogP contribution in [-0.2, 0) is 20.7 Å². The highest BCUT2D eigenvalue weighted by Crippen LogP contribution is 2.50. The van der Waals surface area contributed by atoms with Crippen molar-refractivity contribution in [2.24, 2.45) is 0 Å². The second-order valence-corrected chi connectivity index (χ2v) is 11.0. The van der Waals surface area contributed by atoms with Crippen LogP contribution in [0.5, 0.6) is 17.2 Å². The van der Waals surface area contributed by atoms with Gasteiger partial charge in [0.1, 0.15) is 12.1 Å². The maximum absolute atomic E-state index is 13.7. The first-order chi connectivity index (χ1) is 21.2. The molecule has 5 rings (SSSR count). The summed E-state index contributed by atoms with van der Waals surface area (Å²) >= 11 is 0. The fourth-order valence-electron chi connectivity index (χ4n) is 6.11. The van der Waals surface area contributed by atoms with Gasteiger partial charge in [-0.25, -0.2) is 0 Å². The second kappa shape index (κ2) is 13.4. The van der Waals surface area contributed by atoms with Gasteiger partial charge in [-0.1, -0.05) is 36.4 Å². The standard InChI is InChI=1S/C34H39N3O7/c1-20(34(40)37-15-16-44-30(19-37)22-9-7-6-8-10-22)35-27-14-12-24-25(18-28(27)39)26(36-21(2)38)13-11-23-17-29(41-3)32(42-4)33(43-5)31(23)24/h6-10,12,14,17-18,20,26,30H,11,13,15-16,19H2,1-5H3,(H,35,39)(H,36,38)/t20-,26-,30-/m0/s1. The quantitative estimate of drug-likeness (QED) is 0.394. The maximum Gasteiger partial charge on any atom is 0.244 e. The number of hydrogen-bond acceptors (Lipinski definition) is 8. The summed E-state index contributed by atoms with van der Waals surface area (Å²) in [4.78, 5) is 41.2. The van der Waals surface area contributed by atoms with Crippen LogP contribution in [0.4, 0.5) is 5.69 Å². The van der Waals surface area contributed by atoms with Gasteiger partial charge in [-0.15, -0.1) is 0 Å². The topological polar surface area (TPSA) is 115 Å². The third-order valence-corrected chi connectivity index (χ3v) is 8.21. The van der Waals surface area contributed by atoms with Crippen molar-refractivity contribution in [2.75, 3.05) is 46.3 Å². The highest BCUT2D eigenvalue weighted by molar-refractivity contribution is 5.86. The summed E-state index contributed by atoms with van der Waals surface area (Å²) < 4.78 is 23.1. The van der Waals surface area contributed by atoms with Crippen LogP contribution in [0, 0.1) is 0 Å². The van der Waals surface area contributed by atoms with Gasteiger partial charge in [0.25, 0.3) is 0 Å². The fourth-order valence-corrected chi connectivity index (χ4v) is 6.11. The molecule has 3 aromatic carbocycles. The molecule has 3 aromatic rings. The highest BCUT2D eigenvalue weighted by atomic mass is 16.5. The first-order valence-electron chi connectivity index (χ1n) is 14.7. The van der Waals surface area contributed by atoms with E-state index < -0.39 is 12.1 Å². The fraction of sp³-hybridized carbons (Fsp3) is 0.382. The number of anilines is 1. The molecule has 0 bridgehead atoms. The lowest BCUT2D eigenvalue weighted by atomic mass is 9.95. The van der Waals surface area contributed by atoms with Crippen molar-refractivity contribution in [3.8, 4) is 28.4 Å². The van der Waals surface area contributed by atoms with Crippen LogP contribution in [0.2, 0.25) is 0 Å². The molecule has 44 heavy (non-hydrogen) atoms. The molecule has 3 atom stereocenters. The summed E-state index contributed by atoms with van der Waals surface area (Å²) in [5, 5.41) is 6.18. The van der Waals surface area contributed by atoms with Crippen molar-refractivity contribution in [2.45, 2.75) is 44.9 Å². The third-order valence-electron chi connectivity index (χ3n) is 8.21. The Balaban J connectivity index is 1.51. The molecule has 0 radical (unpaired) electrons. The average Bonchev–Trinajstić information content (AvgIpc) is 3.28. The number of ether oxygens (including phenoxy) is 4. The number of nitrogens with zero attached hydrogens (tertiary/aromatic N) is 1. The zero-order valence-corrected chi connectivity index (χ0v) is 25.8. The number of fused-ring (bicyclic) bond motifs is 3. The molecule has 0 spiro atoms. The van der Waals surface area contributed by atoms with Gasteiger partial charge in [-0.3, -0.25) is 14.4 Å². The van der Waals surface area contributed by atoms with E-state index in [0.29, 0.717) is 55.4 Å². The maximum atomic E-state index is 13.7. The summed E-state index contributed by atoms with van der Waals surface area (Å²) in [5.41, 5.74) is 4.06. The molecule has 1 aliphatic heterocycles. The molecule has 1 saturated heterocycles. The number of hydrogen-bond donors (Lipinski definition) is 2. The lowest BCUT2D eigenvalue weighted by Crippen LogP contribution is -2.48. The molecule has 10 heteroatoms. The molecule has 0 aromatic heterocycles. The Labute approximate surface area is 257 Å². The van der Waals surface area contributed by atoms with Gasteiger partial charge < -0.3 is 34.5 Å². The number of amides is 2. The molecule has 1 fully saturated rings. The van der Waals surface area contributed by atoms with E-state index in [1.807, 2.05) is 42.5 Å². The Hall–Kier alpha value is -4.57. The lowest BCUT2D eigenvalue weighted by Gasteiger charge is -2.34. The van der Waals surface area contributed by atoms with Crippen LogP contribution >= 0.6 is 0 Å². The Morgan fingerprint density at radius 1 is 1.00 bits per heavy atom. The van der Waals surface area contributed by atoms with Crippen LogP contribution in [0.25, 0.3) is 11.1 Å². The summed E-state index contributed by atoms with van der Waals surface area (Å²) in [7, 11) is 4.67. The molecule has 2 N–H and O–H groups in total. The van der Waals surface area contributed by atoms with Gasteiger partial charge in [-0.2, -0.15) is 0 Å². The molecule has 232 valence electrons. The van der Waals surface area contributed by atoms with Crippen molar-refractivity contribution in [3.63, 3.8) is 0 Å². The van der Waals surface area contributed by atoms with Crippen molar-refractivity contribution in [1.29, 1.82) is 0 Å². The Morgan fingerprint density at radius 2 is 1.75 bits per heavy atom. The third kappa shape index (κ3) is 6.21. The van der Waals surface area contributed by atoms with Crippen LogP contribution in [-0.4, -0.2) is 63.8 Å². The van der Waals surface area contributed by atoms with Crippen LogP contribution < -0.4 is 30.3 Å². The molecule has 1 heterocycles. The minimum Gasteiger partial charge on any atom is -0.493 e. The van der Waals surface area contributed by atoms with Gasteiger partial charge in [-0.05, 0) is 60.2 Å². The molecular weight excluding hydrogens is 562 g/mol. The molecule has 10 nitrogen and oxygen atoms in total. The number of carbonyl (C=O) groups excluding carboxylic acids is 2. The normalized spacial score (nSPS) is 18.2. The first-order valence-corrected chi connectivity index (χ1v) is 14.7. The van der Waals surface area contributed by atoms with Crippen molar-refractivity contribution < 1.29 is 28.5 Å². The molecular formula is C34H39N3O7. The number of rotatable bonds is 8. The van der Waals surface area contributed by atoms with Crippen molar-refractivity contribution in [3.05, 3.63) is 81.5 Å². The van der Waals surface area contributed by atoms with E-state index in [1.165, 1.54) is 6.92 Å². The van der Waals surface area contributed by atoms with E-state index in [9.17, 15) is 14.4 Å². The lowest BCUT2D eigenvalue weighted by molar-refractivity contribution is -0.139. The summed E-state index contributed by atoms with van der Waals surface area (Å²) in [6.07, 6.45) is 0.945. The predicted molar refractivity (Wildman–Crippen MR) is 167 cm³/mol. The van der Waals surface area contributed by atoms with Gasteiger partial charge in [0.15, 0.2) is 11.5 Å². The Morgan fingerprint density at radius 3 is 2.43 bits per heavy atom. The molecule has 2 aliphatic rings.